The van der Waals surface area contributed by atoms with Crippen LogP contribution in [0.5, 0.6) is 0 Å². The molecule has 1 heterocycles. The number of hydrogen-bond acceptors (Lipinski definition) is 3. The van der Waals surface area contributed by atoms with E-state index in [1.54, 1.807) is 4.90 Å². The number of carbonyl (C=O) groups excluding carboxylic acids is 1. The predicted molar refractivity (Wildman–Crippen MR) is 44.3 cm³/mol. The topological polar surface area (TPSA) is 47.3 Å². The SMILES string of the molecule is CC(=O)N1CCN(C)CC1C#N. The maximum Gasteiger partial charge on any atom is 0.220 e. The Morgan fingerprint density at radius 1 is 1.58 bits per heavy atom. The fourth-order valence-electron chi connectivity index (χ4n) is 1.41. The van der Waals surface area contributed by atoms with Gasteiger partial charge in [-0.1, -0.05) is 0 Å². The number of carbonyl (C=O) groups is 1. The van der Waals surface area contributed by atoms with Gasteiger partial charge in [-0.3, -0.25) is 4.79 Å². The molecule has 0 aromatic carbocycles. The number of rotatable bonds is 0. The molecule has 4 heteroatoms. The van der Waals surface area contributed by atoms with Crippen molar-refractivity contribution in [1.82, 2.24) is 9.80 Å². The van der Waals surface area contributed by atoms with Crippen molar-refractivity contribution in [3.05, 3.63) is 0 Å². The first-order valence-electron chi connectivity index (χ1n) is 4.00. The Hall–Kier alpha value is -1.08. The molecule has 1 aliphatic rings. The van der Waals surface area contributed by atoms with E-state index in [2.05, 4.69) is 11.0 Å². The lowest BCUT2D eigenvalue weighted by atomic mass is 10.2. The van der Waals surface area contributed by atoms with Crippen LogP contribution in [0.4, 0.5) is 0 Å². The monoisotopic (exact) mass is 167 g/mol. The maximum atomic E-state index is 11.0. The summed E-state index contributed by atoms with van der Waals surface area (Å²) in [6.45, 7) is 3.70. The summed E-state index contributed by atoms with van der Waals surface area (Å²) < 4.78 is 0. The Labute approximate surface area is 72.4 Å². The van der Waals surface area contributed by atoms with Gasteiger partial charge in [0.25, 0.3) is 0 Å². The van der Waals surface area contributed by atoms with Crippen LogP contribution in [0.15, 0.2) is 0 Å². The van der Waals surface area contributed by atoms with E-state index in [0.29, 0.717) is 13.1 Å². The first kappa shape index (κ1) is 9.01. The van der Waals surface area contributed by atoms with Crippen LogP contribution in [0.2, 0.25) is 0 Å². The van der Waals surface area contributed by atoms with Gasteiger partial charge in [-0.25, -0.2) is 0 Å². The van der Waals surface area contributed by atoms with Gasteiger partial charge in [0.1, 0.15) is 6.04 Å². The smallest absolute Gasteiger partial charge is 0.220 e. The normalized spacial score (nSPS) is 25.1. The molecule has 1 saturated heterocycles. The first-order chi connectivity index (χ1) is 5.65. The lowest BCUT2D eigenvalue weighted by Gasteiger charge is -2.35. The molecule has 1 aliphatic heterocycles. The van der Waals surface area contributed by atoms with Gasteiger partial charge >= 0.3 is 0 Å². The van der Waals surface area contributed by atoms with E-state index < -0.39 is 0 Å². The second kappa shape index (κ2) is 3.55. The third kappa shape index (κ3) is 1.74. The molecule has 0 aromatic heterocycles. The molecule has 0 aliphatic carbocycles. The fourth-order valence-corrected chi connectivity index (χ4v) is 1.41. The zero-order valence-corrected chi connectivity index (χ0v) is 7.45. The van der Waals surface area contributed by atoms with Crippen LogP contribution in [-0.2, 0) is 4.79 Å². The highest BCUT2D eigenvalue weighted by Gasteiger charge is 2.26. The number of nitrogens with zero attached hydrogens (tertiary/aromatic N) is 3. The molecule has 4 nitrogen and oxygen atoms in total. The quantitative estimate of drug-likeness (QED) is 0.496. The molecule has 1 atom stereocenters. The van der Waals surface area contributed by atoms with Gasteiger partial charge in [-0.2, -0.15) is 5.26 Å². The van der Waals surface area contributed by atoms with Gasteiger partial charge in [0.05, 0.1) is 6.07 Å². The molecule has 0 saturated carbocycles. The summed E-state index contributed by atoms with van der Waals surface area (Å²) in [5, 5.41) is 8.76. The first-order valence-corrected chi connectivity index (χ1v) is 4.00. The van der Waals surface area contributed by atoms with Crippen LogP contribution < -0.4 is 0 Å². The standard InChI is InChI=1S/C8H13N3O/c1-7(12)11-4-3-10(2)6-8(11)5-9/h8H,3-4,6H2,1-2H3. The van der Waals surface area contributed by atoms with Crippen molar-refractivity contribution in [2.45, 2.75) is 13.0 Å². The number of likely N-dealkylation sites (N-methyl/N-ethyl adjacent to an activating group) is 1. The summed E-state index contributed by atoms with van der Waals surface area (Å²) in [6.07, 6.45) is 0. The molecular weight excluding hydrogens is 154 g/mol. The van der Waals surface area contributed by atoms with Crippen LogP contribution in [0.3, 0.4) is 0 Å². The Kier molecular flexibility index (Phi) is 2.66. The van der Waals surface area contributed by atoms with Crippen molar-refractivity contribution in [3.63, 3.8) is 0 Å². The molecule has 0 radical (unpaired) electrons. The zero-order chi connectivity index (χ0) is 9.14. The minimum Gasteiger partial charge on any atom is -0.324 e. The maximum absolute atomic E-state index is 11.0. The molecule has 1 rings (SSSR count). The van der Waals surface area contributed by atoms with Gasteiger partial charge in [0, 0.05) is 26.6 Å². The highest BCUT2D eigenvalue weighted by molar-refractivity contribution is 5.74. The second-order valence-electron chi connectivity index (χ2n) is 3.12. The summed E-state index contributed by atoms with van der Waals surface area (Å²) >= 11 is 0. The molecule has 0 bridgehead atoms. The van der Waals surface area contributed by atoms with Gasteiger partial charge < -0.3 is 9.80 Å². The Morgan fingerprint density at radius 3 is 2.75 bits per heavy atom. The van der Waals surface area contributed by atoms with Crippen LogP contribution in [0.1, 0.15) is 6.92 Å². The van der Waals surface area contributed by atoms with Gasteiger partial charge in [-0.05, 0) is 7.05 Å². The Morgan fingerprint density at radius 2 is 2.25 bits per heavy atom. The van der Waals surface area contributed by atoms with Crippen LogP contribution in [0, 0.1) is 11.3 Å². The molecule has 0 aromatic rings. The molecule has 0 N–H and O–H groups in total. The average Bonchev–Trinajstić information content (AvgIpc) is 2.03. The van der Waals surface area contributed by atoms with Crippen molar-refractivity contribution in [2.75, 3.05) is 26.7 Å². The molecule has 1 amide bonds. The van der Waals surface area contributed by atoms with Gasteiger partial charge in [0.2, 0.25) is 5.91 Å². The number of hydrogen-bond donors (Lipinski definition) is 0. The summed E-state index contributed by atoms with van der Waals surface area (Å²) in [4.78, 5) is 14.7. The van der Waals surface area contributed by atoms with E-state index in [-0.39, 0.29) is 11.9 Å². The molecule has 1 fully saturated rings. The van der Waals surface area contributed by atoms with Crippen LogP contribution in [0.25, 0.3) is 0 Å². The lowest BCUT2D eigenvalue weighted by molar-refractivity contribution is -0.132. The summed E-state index contributed by atoms with van der Waals surface area (Å²) in [5.41, 5.74) is 0. The van der Waals surface area contributed by atoms with E-state index in [9.17, 15) is 4.79 Å². The Balaban J connectivity index is 2.64. The van der Waals surface area contributed by atoms with E-state index in [1.807, 2.05) is 7.05 Å². The summed E-state index contributed by atoms with van der Waals surface area (Å²) in [6, 6.07) is 1.87. The van der Waals surface area contributed by atoms with Crippen molar-refractivity contribution < 1.29 is 4.79 Å². The molecule has 66 valence electrons. The number of piperazine rings is 1. The number of amides is 1. The largest absolute Gasteiger partial charge is 0.324 e. The summed E-state index contributed by atoms with van der Waals surface area (Å²) in [7, 11) is 1.96. The van der Waals surface area contributed by atoms with Crippen molar-refractivity contribution >= 4 is 5.91 Å². The minimum atomic E-state index is -0.263. The van der Waals surface area contributed by atoms with E-state index in [0.717, 1.165) is 6.54 Å². The van der Waals surface area contributed by atoms with Gasteiger partial charge in [-0.15, -0.1) is 0 Å². The second-order valence-corrected chi connectivity index (χ2v) is 3.12. The van der Waals surface area contributed by atoms with Crippen molar-refractivity contribution in [3.8, 4) is 6.07 Å². The minimum absolute atomic E-state index is 0.00495. The lowest BCUT2D eigenvalue weighted by Crippen LogP contribution is -2.52. The van der Waals surface area contributed by atoms with E-state index in [1.165, 1.54) is 6.92 Å². The van der Waals surface area contributed by atoms with E-state index >= 15 is 0 Å². The molecule has 12 heavy (non-hydrogen) atoms. The number of nitriles is 1. The molecular formula is C8H13N3O. The Bertz CT molecular complexity index is 221. The zero-order valence-electron chi connectivity index (χ0n) is 7.45. The highest BCUT2D eigenvalue weighted by atomic mass is 16.2. The predicted octanol–water partition coefficient (Wildman–Crippen LogP) is -0.328. The van der Waals surface area contributed by atoms with Crippen molar-refractivity contribution in [2.24, 2.45) is 0 Å². The van der Waals surface area contributed by atoms with Crippen LogP contribution in [-0.4, -0.2) is 48.4 Å². The average molecular weight is 167 g/mol. The van der Waals surface area contributed by atoms with Crippen LogP contribution >= 0.6 is 0 Å². The third-order valence-corrected chi connectivity index (χ3v) is 2.14. The van der Waals surface area contributed by atoms with Gasteiger partial charge in [0.15, 0.2) is 0 Å². The van der Waals surface area contributed by atoms with Crippen molar-refractivity contribution in [1.29, 1.82) is 5.26 Å². The molecule has 1 unspecified atom stereocenters. The third-order valence-electron chi connectivity index (χ3n) is 2.14. The molecule has 0 spiro atoms. The summed E-state index contributed by atoms with van der Waals surface area (Å²) in [5.74, 6) is -0.00495. The fraction of sp³-hybridized carbons (Fsp3) is 0.750. The van der Waals surface area contributed by atoms with E-state index in [4.69, 9.17) is 5.26 Å². The highest BCUT2D eigenvalue weighted by Crippen LogP contribution is 2.07.